The molecule has 30 heavy (non-hydrogen) atoms. The fourth-order valence-corrected chi connectivity index (χ4v) is 4.28. The zero-order valence-corrected chi connectivity index (χ0v) is 18.1. The molecule has 1 N–H and O–H groups in total. The standard InChI is InChI=1S/C22H26N4O3S/c1-15-19(16(2)29-25-15)13-28-20-9-5-4-8-18(20)21(27)24-22-23-17(14-30-22)12-26-10-6-3-7-11-26/h4-5,8-9,14H,3,6-7,10-13H2,1-2H3,(H,23,24,27). The van der Waals surface area contributed by atoms with Crippen LogP contribution in [0.1, 0.15) is 52.3 Å². The van der Waals surface area contributed by atoms with Crippen molar-refractivity contribution in [3.8, 4) is 5.75 Å². The summed E-state index contributed by atoms with van der Waals surface area (Å²) in [6.45, 7) is 7.09. The van der Waals surface area contributed by atoms with Crippen LogP contribution in [0.15, 0.2) is 34.2 Å². The highest BCUT2D eigenvalue weighted by molar-refractivity contribution is 7.14. The first-order valence-electron chi connectivity index (χ1n) is 10.2. The van der Waals surface area contributed by atoms with Gasteiger partial charge in [-0.05, 0) is 51.9 Å². The van der Waals surface area contributed by atoms with E-state index in [1.807, 2.05) is 31.4 Å². The number of ether oxygens (including phenoxy) is 1. The van der Waals surface area contributed by atoms with E-state index in [-0.39, 0.29) is 5.91 Å². The first-order chi connectivity index (χ1) is 14.6. The number of para-hydroxylation sites is 1. The van der Waals surface area contributed by atoms with Crippen LogP contribution in [0.4, 0.5) is 5.13 Å². The summed E-state index contributed by atoms with van der Waals surface area (Å²) in [4.78, 5) is 19.9. The van der Waals surface area contributed by atoms with Crippen molar-refractivity contribution < 1.29 is 14.1 Å². The van der Waals surface area contributed by atoms with Crippen molar-refractivity contribution in [1.82, 2.24) is 15.0 Å². The van der Waals surface area contributed by atoms with Crippen molar-refractivity contribution in [2.75, 3.05) is 18.4 Å². The molecule has 1 fully saturated rings. The van der Waals surface area contributed by atoms with Crippen molar-refractivity contribution in [2.24, 2.45) is 0 Å². The molecule has 7 nitrogen and oxygen atoms in total. The van der Waals surface area contributed by atoms with Gasteiger partial charge in [0.1, 0.15) is 18.1 Å². The summed E-state index contributed by atoms with van der Waals surface area (Å²) in [7, 11) is 0. The summed E-state index contributed by atoms with van der Waals surface area (Å²) in [5.74, 6) is 1.00. The van der Waals surface area contributed by atoms with Crippen LogP contribution in [0, 0.1) is 13.8 Å². The van der Waals surface area contributed by atoms with Crippen LogP contribution >= 0.6 is 11.3 Å². The molecule has 1 aliphatic rings. The summed E-state index contributed by atoms with van der Waals surface area (Å²) in [5.41, 5.74) is 3.16. The summed E-state index contributed by atoms with van der Waals surface area (Å²) in [6.07, 6.45) is 3.81. The normalized spacial score (nSPS) is 14.6. The van der Waals surface area contributed by atoms with Gasteiger partial charge in [0.2, 0.25) is 0 Å². The zero-order chi connectivity index (χ0) is 20.9. The van der Waals surface area contributed by atoms with Crippen LogP contribution < -0.4 is 10.1 Å². The molecular weight excluding hydrogens is 400 g/mol. The Hall–Kier alpha value is -2.71. The molecule has 4 rings (SSSR count). The third-order valence-corrected chi connectivity index (χ3v) is 6.10. The van der Waals surface area contributed by atoms with Crippen LogP contribution in [-0.4, -0.2) is 34.0 Å². The number of aromatic nitrogens is 2. The molecule has 1 aliphatic heterocycles. The summed E-state index contributed by atoms with van der Waals surface area (Å²) in [6, 6.07) is 7.21. The number of thiazole rings is 1. The lowest BCUT2D eigenvalue weighted by Crippen LogP contribution is -2.29. The average molecular weight is 427 g/mol. The zero-order valence-electron chi connectivity index (χ0n) is 17.3. The van der Waals surface area contributed by atoms with Crippen molar-refractivity contribution in [2.45, 2.75) is 46.3 Å². The predicted molar refractivity (Wildman–Crippen MR) is 116 cm³/mol. The maximum atomic E-state index is 12.9. The molecule has 0 bridgehead atoms. The van der Waals surface area contributed by atoms with Gasteiger partial charge >= 0.3 is 0 Å². The minimum atomic E-state index is -0.233. The Labute approximate surface area is 180 Å². The number of amides is 1. The lowest BCUT2D eigenvalue weighted by atomic mass is 10.1. The van der Waals surface area contributed by atoms with Crippen molar-refractivity contribution in [1.29, 1.82) is 0 Å². The van der Waals surface area contributed by atoms with Gasteiger partial charge < -0.3 is 9.26 Å². The lowest BCUT2D eigenvalue weighted by molar-refractivity contribution is 0.102. The van der Waals surface area contributed by atoms with Gasteiger partial charge in [0.25, 0.3) is 5.91 Å². The van der Waals surface area contributed by atoms with Gasteiger partial charge in [0.15, 0.2) is 5.13 Å². The molecule has 1 amide bonds. The first-order valence-corrected chi connectivity index (χ1v) is 11.1. The molecule has 8 heteroatoms. The van der Waals surface area contributed by atoms with Crippen molar-refractivity contribution >= 4 is 22.4 Å². The Bertz CT molecular complexity index is 988. The fourth-order valence-electron chi connectivity index (χ4n) is 3.59. The van der Waals surface area contributed by atoms with Gasteiger partial charge in [0, 0.05) is 11.9 Å². The minimum Gasteiger partial charge on any atom is -0.488 e. The number of rotatable bonds is 7. The molecule has 0 aliphatic carbocycles. The number of carbonyl (C=O) groups is 1. The molecule has 0 radical (unpaired) electrons. The van der Waals surface area contributed by atoms with E-state index >= 15 is 0 Å². The molecule has 1 aromatic carbocycles. The van der Waals surface area contributed by atoms with E-state index in [4.69, 9.17) is 9.26 Å². The van der Waals surface area contributed by atoms with Crippen LogP contribution in [-0.2, 0) is 13.2 Å². The quantitative estimate of drug-likeness (QED) is 0.596. The SMILES string of the molecule is Cc1noc(C)c1COc1ccccc1C(=O)Nc1nc(CN2CCCCC2)cs1. The first kappa shape index (κ1) is 20.6. The number of anilines is 1. The van der Waals surface area contributed by atoms with E-state index in [2.05, 4.69) is 20.4 Å². The smallest absolute Gasteiger partial charge is 0.261 e. The maximum Gasteiger partial charge on any atom is 0.261 e. The van der Waals surface area contributed by atoms with Gasteiger partial charge in [-0.25, -0.2) is 4.98 Å². The van der Waals surface area contributed by atoms with Crippen LogP contribution in [0.2, 0.25) is 0 Å². The molecule has 1 saturated heterocycles. The number of aryl methyl sites for hydroxylation is 2. The second-order valence-electron chi connectivity index (χ2n) is 7.52. The highest BCUT2D eigenvalue weighted by atomic mass is 32.1. The highest BCUT2D eigenvalue weighted by Gasteiger charge is 2.17. The topological polar surface area (TPSA) is 80.5 Å². The van der Waals surface area contributed by atoms with Crippen LogP contribution in [0.5, 0.6) is 5.75 Å². The van der Waals surface area contributed by atoms with E-state index in [1.165, 1.54) is 30.6 Å². The highest BCUT2D eigenvalue weighted by Crippen LogP contribution is 2.24. The Morgan fingerprint density at radius 3 is 2.80 bits per heavy atom. The van der Waals surface area contributed by atoms with E-state index in [0.29, 0.717) is 23.1 Å². The summed E-state index contributed by atoms with van der Waals surface area (Å²) < 4.78 is 11.1. The molecule has 0 saturated carbocycles. The van der Waals surface area contributed by atoms with E-state index in [9.17, 15) is 4.79 Å². The van der Waals surface area contributed by atoms with E-state index < -0.39 is 0 Å². The van der Waals surface area contributed by atoms with Crippen molar-refractivity contribution in [3.63, 3.8) is 0 Å². The number of nitrogens with zero attached hydrogens (tertiary/aromatic N) is 3. The van der Waals surface area contributed by atoms with Gasteiger partial charge in [0.05, 0.1) is 22.5 Å². The molecule has 158 valence electrons. The van der Waals surface area contributed by atoms with Crippen LogP contribution in [0.3, 0.4) is 0 Å². The van der Waals surface area contributed by atoms with Gasteiger partial charge in [-0.3, -0.25) is 15.0 Å². The summed E-state index contributed by atoms with van der Waals surface area (Å²) >= 11 is 1.45. The van der Waals surface area contributed by atoms with Crippen LogP contribution in [0.25, 0.3) is 0 Å². The largest absolute Gasteiger partial charge is 0.488 e. The van der Waals surface area contributed by atoms with Crippen molar-refractivity contribution in [3.05, 3.63) is 57.9 Å². The Kier molecular flexibility index (Phi) is 6.44. The van der Waals surface area contributed by atoms with Gasteiger partial charge in [-0.1, -0.05) is 23.7 Å². The number of benzene rings is 1. The second kappa shape index (κ2) is 9.40. The van der Waals surface area contributed by atoms with Gasteiger partial charge in [-0.2, -0.15) is 0 Å². The predicted octanol–water partition coefficient (Wildman–Crippen LogP) is 4.57. The molecule has 3 heterocycles. The molecule has 0 unspecified atom stereocenters. The molecular formula is C22H26N4O3S. The third kappa shape index (κ3) is 4.88. The molecule has 3 aromatic rings. The average Bonchev–Trinajstić information content (AvgIpc) is 3.33. The number of likely N-dealkylation sites (tertiary alicyclic amines) is 1. The monoisotopic (exact) mass is 426 g/mol. The maximum absolute atomic E-state index is 12.9. The Balaban J connectivity index is 1.40. The fraction of sp³-hybridized carbons (Fsp3) is 0.409. The number of piperidine rings is 1. The lowest BCUT2D eigenvalue weighted by Gasteiger charge is -2.25. The minimum absolute atomic E-state index is 0.233. The third-order valence-electron chi connectivity index (χ3n) is 5.29. The second-order valence-corrected chi connectivity index (χ2v) is 8.38. The van der Waals surface area contributed by atoms with E-state index in [1.54, 1.807) is 12.1 Å². The van der Waals surface area contributed by atoms with E-state index in [0.717, 1.165) is 42.3 Å². The number of nitrogens with one attached hydrogen (secondary N) is 1. The number of carbonyl (C=O) groups excluding carboxylic acids is 1. The Morgan fingerprint density at radius 1 is 1.23 bits per heavy atom. The number of hydrogen-bond acceptors (Lipinski definition) is 7. The number of hydrogen-bond donors (Lipinski definition) is 1. The summed E-state index contributed by atoms with van der Waals surface area (Å²) in [5, 5.41) is 9.47. The Morgan fingerprint density at radius 2 is 2.03 bits per heavy atom. The molecule has 0 atom stereocenters. The molecule has 2 aromatic heterocycles. The molecule has 0 spiro atoms. The van der Waals surface area contributed by atoms with Gasteiger partial charge in [-0.15, -0.1) is 11.3 Å².